The Kier molecular flexibility index (Phi) is 9.08. The van der Waals surface area contributed by atoms with E-state index < -0.39 is 0 Å². The van der Waals surface area contributed by atoms with E-state index in [1.54, 1.807) is 36.9 Å². The molecule has 43 heavy (non-hydrogen) atoms. The van der Waals surface area contributed by atoms with Crippen LogP contribution in [0, 0.1) is 6.92 Å². The first-order valence-corrected chi connectivity index (χ1v) is 15.8. The van der Waals surface area contributed by atoms with Crippen molar-refractivity contribution in [2.24, 2.45) is 7.05 Å². The minimum absolute atomic E-state index is 0.127. The number of carbonyl (C=O) groups excluding carboxylic acids is 2. The number of benzene rings is 2. The summed E-state index contributed by atoms with van der Waals surface area (Å²) in [7, 11) is 1.75. The number of piperidine rings is 1. The summed E-state index contributed by atoms with van der Waals surface area (Å²) in [5, 5.41) is 4.14. The average Bonchev–Trinajstić information content (AvgIpc) is 3.00. The maximum Gasteiger partial charge on any atom is 0.281 e. The van der Waals surface area contributed by atoms with Crippen LogP contribution in [0.5, 0.6) is 0 Å². The van der Waals surface area contributed by atoms with Crippen LogP contribution in [0.25, 0.3) is 22.3 Å². The molecule has 3 heterocycles. The predicted molar refractivity (Wildman–Crippen MR) is 174 cm³/mol. The standard InChI is InChI=1S/C32H35ClN6O3S/c1-18-16-24(19(2)34-26-10-11-27(33)35-29(26)31(41)37-43-5)28-25(17-18)32(42)38(4)30(36-28)23-8-6-21(7-9-23)22-12-14-39(15-13-22)20(3)40/h6-11,16-17,19,22,34H,12-15H2,1-5H3,(H,37,41). The van der Waals surface area contributed by atoms with Gasteiger partial charge in [0.2, 0.25) is 5.91 Å². The Hall–Kier alpha value is -3.89. The van der Waals surface area contributed by atoms with E-state index in [2.05, 4.69) is 27.2 Å². The molecule has 0 spiro atoms. The topological polar surface area (TPSA) is 109 Å². The molecule has 9 nitrogen and oxygen atoms in total. The molecule has 0 aliphatic carbocycles. The van der Waals surface area contributed by atoms with Crippen LogP contribution in [-0.4, -0.2) is 50.6 Å². The normalized spacial score (nSPS) is 14.5. The fourth-order valence-corrected chi connectivity index (χ4v) is 6.18. The van der Waals surface area contributed by atoms with Crippen molar-refractivity contribution in [3.05, 3.63) is 86.4 Å². The summed E-state index contributed by atoms with van der Waals surface area (Å²) in [4.78, 5) is 49.2. The highest BCUT2D eigenvalue weighted by atomic mass is 35.5. The van der Waals surface area contributed by atoms with E-state index in [9.17, 15) is 14.4 Å². The van der Waals surface area contributed by atoms with Gasteiger partial charge in [0, 0.05) is 44.4 Å². The second kappa shape index (κ2) is 12.8. The van der Waals surface area contributed by atoms with Crippen molar-refractivity contribution in [2.45, 2.75) is 45.6 Å². The number of carbonyl (C=O) groups is 2. The number of pyridine rings is 1. The van der Waals surface area contributed by atoms with Crippen LogP contribution in [0.4, 0.5) is 5.69 Å². The van der Waals surface area contributed by atoms with Gasteiger partial charge < -0.3 is 10.2 Å². The van der Waals surface area contributed by atoms with Crippen LogP contribution in [0.2, 0.25) is 5.15 Å². The molecule has 5 rings (SSSR count). The van der Waals surface area contributed by atoms with Crippen LogP contribution in [0.1, 0.15) is 65.8 Å². The maximum atomic E-state index is 13.7. The number of hydrogen-bond acceptors (Lipinski definition) is 7. The first kappa shape index (κ1) is 30.6. The van der Waals surface area contributed by atoms with Crippen molar-refractivity contribution in [1.29, 1.82) is 0 Å². The molecule has 0 radical (unpaired) electrons. The molecule has 2 N–H and O–H groups in total. The molecule has 224 valence electrons. The van der Waals surface area contributed by atoms with Gasteiger partial charge in [-0.3, -0.25) is 23.7 Å². The van der Waals surface area contributed by atoms with Crippen molar-refractivity contribution < 1.29 is 9.59 Å². The Morgan fingerprint density at radius 1 is 1.07 bits per heavy atom. The lowest BCUT2D eigenvalue weighted by atomic mass is 9.89. The highest BCUT2D eigenvalue weighted by molar-refractivity contribution is 7.97. The SMILES string of the molecule is CSNC(=O)c1nc(Cl)ccc1NC(C)c1cc(C)cc2c(=O)n(C)c(-c3ccc(C4CCN(C(C)=O)CC4)cc3)nc12. The molecule has 0 bridgehead atoms. The van der Waals surface area contributed by atoms with Crippen molar-refractivity contribution >= 4 is 52.0 Å². The van der Waals surface area contributed by atoms with Gasteiger partial charge >= 0.3 is 0 Å². The molecule has 1 saturated heterocycles. The molecule has 11 heteroatoms. The number of anilines is 1. The number of nitrogens with one attached hydrogen (secondary N) is 2. The maximum absolute atomic E-state index is 13.7. The number of likely N-dealkylation sites (tertiary alicyclic amines) is 1. The molecule has 1 unspecified atom stereocenters. The summed E-state index contributed by atoms with van der Waals surface area (Å²) in [6.07, 6.45) is 3.62. The zero-order valence-corrected chi connectivity index (χ0v) is 26.5. The summed E-state index contributed by atoms with van der Waals surface area (Å²) in [5.74, 6) is 0.731. The minimum atomic E-state index is -0.360. The number of nitrogens with zero attached hydrogens (tertiary/aromatic N) is 4. The van der Waals surface area contributed by atoms with Crippen molar-refractivity contribution in [2.75, 3.05) is 24.7 Å². The van der Waals surface area contributed by atoms with E-state index in [0.717, 1.165) is 42.6 Å². The second-order valence-corrected chi connectivity index (χ2v) is 12.0. The molecule has 1 fully saturated rings. The lowest BCUT2D eigenvalue weighted by molar-refractivity contribution is -0.129. The van der Waals surface area contributed by atoms with E-state index in [1.165, 1.54) is 17.5 Å². The number of rotatable bonds is 7. The third kappa shape index (κ3) is 6.40. The number of amides is 2. The first-order valence-electron chi connectivity index (χ1n) is 14.2. The molecule has 2 aromatic heterocycles. The van der Waals surface area contributed by atoms with Crippen molar-refractivity contribution in [1.82, 2.24) is 24.2 Å². The van der Waals surface area contributed by atoms with Gasteiger partial charge in [-0.05, 0) is 61.9 Å². The van der Waals surface area contributed by atoms with Crippen molar-refractivity contribution in [3.63, 3.8) is 0 Å². The van der Waals surface area contributed by atoms with Gasteiger partial charge in [0.25, 0.3) is 11.5 Å². The number of fused-ring (bicyclic) bond motifs is 1. The average molecular weight is 619 g/mol. The predicted octanol–water partition coefficient (Wildman–Crippen LogP) is 5.86. The van der Waals surface area contributed by atoms with E-state index in [0.29, 0.717) is 28.3 Å². The third-order valence-corrected chi connectivity index (χ3v) is 8.64. The summed E-state index contributed by atoms with van der Waals surface area (Å²) in [6.45, 7) is 7.07. The van der Waals surface area contributed by atoms with Crippen LogP contribution in [0.15, 0.2) is 53.3 Å². The lowest BCUT2D eigenvalue weighted by Gasteiger charge is -2.31. The Morgan fingerprint density at radius 2 is 1.77 bits per heavy atom. The van der Waals surface area contributed by atoms with Gasteiger partial charge in [0.1, 0.15) is 11.0 Å². The smallest absolute Gasteiger partial charge is 0.281 e. The number of hydrogen-bond donors (Lipinski definition) is 2. The summed E-state index contributed by atoms with van der Waals surface area (Å²) < 4.78 is 4.29. The van der Waals surface area contributed by atoms with E-state index in [-0.39, 0.29) is 34.3 Å². The summed E-state index contributed by atoms with van der Waals surface area (Å²) in [5.41, 5.74) is 4.99. The fourth-order valence-electron chi connectivity index (χ4n) is 5.75. The van der Waals surface area contributed by atoms with Gasteiger partial charge in [0.15, 0.2) is 5.69 Å². The molecule has 0 saturated carbocycles. The van der Waals surface area contributed by atoms with Gasteiger partial charge in [0.05, 0.1) is 22.6 Å². The Morgan fingerprint density at radius 3 is 2.42 bits per heavy atom. The quantitative estimate of drug-likeness (QED) is 0.197. The molecule has 2 aromatic carbocycles. The van der Waals surface area contributed by atoms with E-state index >= 15 is 0 Å². The van der Waals surface area contributed by atoms with Crippen LogP contribution >= 0.6 is 23.5 Å². The number of halogens is 1. The molecule has 4 aromatic rings. The highest BCUT2D eigenvalue weighted by Gasteiger charge is 2.23. The van der Waals surface area contributed by atoms with Crippen LogP contribution in [0.3, 0.4) is 0 Å². The molecular formula is C32H35ClN6O3S. The third-order valence-electron chi connectivity index (χ3n) is 8.04. The molecule has 2 amide bonds. The van der Waals surface area contributed by atoms with Gasteiger partial charge in [-0.15, -0.1) is 0 Å². The monoisotopic (exact) mass is 618 g/mol. The minimum Gasteiger partial charge on any atom is -0.377 e. The van der Waals surface area contributed by atoms with Crippen molar-refractivity contribution in [3.8, 4) is 11.4 Å². The Labute approximate surface area is 260 Å². The number of aryl methyl sites for hydroxylation is 1. The zero-order chi connectivity index (χ0) is 30.8. The van der Waals surface area contributed by atoms with Gasteiger partial charge in [-0.1, -0.05) is 53.9 Å². The van der Waals surface area contributed by atoms with E-state index in [1.807, 2.05) is 43.0 Å². The van der Waals surface area contributed by atoms with Gasteiger partial charge in [-0.2, -0.15) is 0 Å². The second-order valence-electron chi connectivity index (χ2n) is 11.0. The molecular weight excluding hydrogens is 584 g/mol. The summed E-state index contributed by atoms with van der Waals surface area (Å²) in [6, 6.07) is 15.2. The summed E-state index contributed by atoms with van der Waals surface area (Å²) >= 11 is 7.28. The Bertz CT molecular complexity index is 1750. The molecule has 1 aliphatic heterocycles. The largest absolute Gasteiger partial charge is 0.377 e. The van der Waals surface area contributed by atoms with E-state index in [4.69, 9.17) is 16.6 Å². The molecule has 1 aliphatic rings. The Balaban J connectivity index is 1.50. The van der Waals surface area contributed by atoms with Crippen LogP contribution in [-0.2, 0) is 11.8 Å². The fraction of sp³-hybridized carbons (Fsp3) is 0.344. The highest BCUT2D eigenvalue weighted by Crippen LogP contribution is 2.32. The molecule has 1 atom stereocenters. The van der Waals surface area contributed by atoms with Gasteiger partial charge in [-0.25, -0.2) is 9.97 Å². The zero-order valence-electron chi connectivity index (χ0n) is 24.9. The first-order chi connectivity index (χ1) is 20.6. The van der Waals surface area contributed by atoms with Crippen LogP contribution < -0.4 is 15.6 Å². The lowest BCUT2D eigenvalue weighted by Crippen LogP contribution is -2.36. The number of aromatic nitrogens is 3.